The molecule has 0 bridgehead atoms. The van der Waals surface area contributed by atoms with Gasteiger partial charge in [-0.15, -0.1) is 0 Å². The van der Waals surface area contributed by atoms with Crippen molar-refractivity contribution < 1.29 is 5.11 Å². The molecule has 0 rings (SSSR count). The van der Waals surface area contributed by atoms with E-state index < -0.39 is 0 Å². The third kappa shape index (κ3) is 10.6. The van der Waals surface area contributed by atoms with Crippen LogP contribution in [0.1, 0.15) is 60.3 Å². The van der Waals surface area contributed by atoms with Gasteiger partial charge >= 0.3 is 0 Å². The second-order valence-corrected chi connectivity index (χ2v) is 6.20. The van der Waals surface area contributed by atoms with Crippen LogP contribution in [0.15, 0.2) is 23.8 Å². The highest BCUT2D eigenvalue weighted by atomic mass is 16.3. The summed E-state index contributed by atoms with van der Waals surface area (Å²) in [5, 5.41) is 8.89. The quantitative estimate of drug-likeness (QED) is 0.574. The van der Waals surface area contributed by atoms with Crippen LogP contribution in [0.5, 0.6) is 0 Å². The molecule has 0 spiro atoms. The Hall–Kier alpha value is -0.560. The van der Waals surface area contributed by atoms with Gasteiger partial charge in [0.15, 0.2) is 0 Å². The first-order valence-corrected chi connectivity index (χ1v) is 7.40. The van der Waals surface area contributed by atoms with Gasteiger partial charge in [-0.3, -0.25) is 0 Å². The van der Waals surface area contributed by atoms with Gasteiger partial charge in [0, 0.05) is 0 Å². The summed E-state index contributed by atoms with van der Waals surface area (Å²) in [5.74, 6) is 2.27. The highest BCUT2D eigenvalue weighted by molar-refractivity contribution is 5.11. The Morgan fingerprint density at radius 3 is 2.33 bits per heavy atom. The highest BCUT2D eigenvalue weighted by Crippen LogP contribution is 2.20. The van der Waals surface area contributed by atoms with E-state index in [-0.39, 0.29) is 6.61 Å². The van der Waals surface area contributed by atoms with Crippen molar-refractivity contribution in [2.45, 2.75) is 60.3 Å². The van der Waals surface area contributed by atoms with E-state index in [0.29, 0.717) is 5.92 Å². The van der Waals surface area contributed by atoms with Gasteiger partial charge in [0.05, 0.1) is 6.61 Å². The topological polar surface area (TPSA) is 20.2 Å². The smallest absolute Gasteiger partial charge is 0.0642 e. The predicted octanol–water partition coefficient (Wildman–Crippen LogP) is 4.97. The molecule has 0 aromatic carbocycles. The lowest BCUT2D eigenvalue weighted by Gasteiger charge is -2.15. The molecule has 2 unspecified atom stereocenters. The number of rotatable bonds is 9. The summed E-state index contributed by atoms with van der Waals surface area (Å²) in [6, 6.07) is 0. The van der Waals surface area contributed by atoms with Crippen LogP contribution in [0.3, 0.4) is 0 Å². The van der Waals surface area contributed by atoms with E-state index in [9.17, 15) is 0 Å². The molecule has 0 saturated heterocycles. The Balaban J connectivity index is 3.82. The lowest BCUT2D eigenvalue weighted by molar-refractivity contribution is 0.331. The van der Waals surface area contributed by atoms with Crippen LogP contribution >= 0.6 is 0 Å². The Morgan fingerprint density at radius 1 is 1.11 bits per heavy atom. The maximum atomic E-state index is 8.89. The Bertz CT molecular complexity index is 250. The van der Waals surface area contributed by atoms with E-state index in [2.05, 4.69) is 39.8 Å². The summed E-state index contributed by atoms with van der Waals surface area (Å²) >= 11 is 0. The highest BCUT2D eigenvalue weighted by Gasteiger charge is 2.06. The minimum atomic E-state index is 0.157. The van der Waals surface area contributed by atoms with Gasteiger partial charge in [0.25, 0.3) is 0 Å². The molecule has 0 aromatic rings. The van der Waals surface area contributed by atoms with E-state index in [1.165, 1.54) is 25.7 Å². The second kappa shape index (κ2) is 10.4. The minimum Gasteiger partial charge on any atom is -0.392 e. The molecule has 0 aliphatic rings. The first-order chi connectivity index (χ1) is 8.45. The van der Waals surface area contributed by atoms with Crippen LogP contribution in [0.4, 0.5) is 0 Å². The summed E-state index contributed by atoms with van der Waals surface area (Å²) in [4.78, 5) is 0. The Morgan fingerprint density at radius 2 is 1.78 bits per heavy atom. The second-order valence-electron chi connectivity index (χ2n) is 6.20. The molecule has 1 nitrogen and oxygen atoms in total. The zero-order valence-corrected chi connectivity index (χ0v) is 12.9. The van der Waals surface area contributed by atoms with Crippen molar-refractivity contribution in [2.75, 3.05) is 6.61 Å². The Labute approximate surface area is 114 Å². The standard InChI is InChI=1S/C17H32O/c1-14(2)8-6-9-15(3)12-16(4)10-7-11-17(5)13-18/h7,10-11,14-16,18H,6,8-9,12-13H2,1-5H3. The molecule has 0 heterocycles. The normalized spacial score (nSPS) is 16.5. The van der Waals surface area contributed by atoms with Crippen molar-refractivity contribution >= 4 is 0 Å². The molecule has 0 radical (unpaired) electrons. The average Bonchev–Trinajstić information content (AvgIpc) is 2.28. The largest absolute Gasteiger partial charge is 0.392 e. The van der Waals surface area contributed by atoms with E-state index in [4.69, 9.17) is 5.11 Å². The lowest BCUT2D eigenvalue weighted by Crippen LogP contribution is -2.02. The van der Waals surface area contributed by atoms with E-state index in [1.807, 2.05) is 13.0 Å². The number of hydrogen-bond acceptors (Lipinski definition) is 1. The molecular weight excluding hydrogens is 220 g/mol. The third-order valence-corrected chi connectivity index (χ3v) is 3.32. The molecule has 0 saturated carbocycles. The molecule has 106 valence electrons. The van der Waals surface area contributed by atoms with Crippen molar-refractivity contribution in [3.8, 4) is 0 Å². The molecule has 0 aromatic heterocycles. The third-order valence-electron chi connectivity index (χ3n) is 3.32. The molecule has 1 heteroatoms. The fraction of sp³-hybridized carbons (Fsp3) is 0.765. The summed E-state index contributed by atoms with van der Waals surface area (Å²) in [6.45, 7) is 11.3. The monoisotopic (exact) mass is 252 g/mol. The molecule has 0 aliphatic heterocycles. The lowest BCUT2D eigenvalue weighted by atomic mass is 9.91. The van der Waals surface area contributed by atoms with Crippen molar-refractivity contribution in [3.63, 3.8) is 0 Å². The van der Waals surface area contributed by atoms with E-state index >= 15 is 0 Å². The molecule has 2 atom stereocenters. The van der Waals surface area contributed by atoms with Gasteiger partial charge in [0.1, 0.15) is 0 Å². The van der Waals surface area contributed by atoms with Crippen LogP contribution in [-0.2, 0) is 0 Å². The average molecular weight is 252 g/mol. The number of hydrogen-bond donors (Lipinski definition) is 1. The van der Waals surface area contributed by atoms with Crippen LogP contribution < -0.4 is 0 Å². The maximum Gasteiger partial charge on any atom is 0.0642 e. The number of aliphatic hydroxyl groups is 1. The summed E-state index contributed by atoms with van der Waals surface area (Å²) in [5.41, 5.74) is 1.02. The SMILES string of the molecule is CC(=CC=CC(C)CC(C)CCCC(C)C)CO. The first-order valence-electron chi connectivity index (χ1n) is 7.40. The number of aliphatic hydroxyl groups excluding tert-OH is 1. The zero-order chi connectivity index (χ0) is 14.0. The van der Waals surface area contributed by atoms with Gasteiger partial charge in [-0.1, -0.05) is 65.2 Å². The molecule has 18 heavy (non-hydrogen) atoms. The molecular formula is C17H32O. The van der Waals surface area contributed by atoms with E-state index in [1.54, 1.807) is 0 Å². The van der Waals surface area contributed by atoms with Crippen LogP contribution in [0.2, 0.25) is 0 Å². The van der Waals surface area contributed by atoms with Crippen LogP contribution in [0.25, 0.3) is 0 Å². The molecule has 0 fully saturated rings. The number of allylic oxidation sites excluding steroid dienone is 3. The fourth-order valence-corrected chi connectivity index (χ4v) is 2.17. The zero-order valence-electron chi connectivity index (χ0n) is 12.9. The summed E-state index contributed by atoms with van der Waals surface area (Å²) < 4.78 is 0. The predicted molar refractivity (Wildman–Crippen MR) is 81.6 cm³/mol. The first kappa shape index (κ1) is 17.4. The molecule has 0 amide bonds. The van der Waals surface area contributed by atoms with Crippen molar-refractivity contribution in [1.82, 2.24) is 0 Å². The van der Waals surface area contributed by atoms with Crippen molar-refractivity contribution in [1.29, 1.82) is 0 Å². The summed E-state index contributed by atoms with van der Waals surface area (Å²) in [6.07, 6.45) is 11.7. The van der Waals surface area contributed by atoms with Crippen LogP contribution in [0, 0.1) is 17.8 Å². The van der Waals surface area contributed by atoms with E-state index in [0.717, 1.165) is 17.4 Å². The van der Waals surface area contributed by atoms with Gasteiger partial charge in [-0.05, 0) is 36.7 Å². The van der Waals surface area contributed by atoms with Gasteiger partial charge in [-0.25, -0.2) is 0 Å². The molecule has 1 N–H and O–H groups in total. The van der Waals surface area contributed by atoms with Crippen molar-refractivity contribution in [3.05, 3.63) is 23.8 Å². The van der Waals surface area contributed by atoms with Gasteiger partial charge in [0.2, 0.25) is 0 Å². The fourth-order valence-electron chi connectivity index (χ4n) is 2.17. The van der Waals surface area contributed by atoms with Crippen molar-refractivity contribution in [2.24, 2.45) is 17.8 Å². The maximum absolute atomic E-state index is 8.89. The van der Waals surface area contributed by atoms with Crippen LogP contribution in [-0.4, -0.2) is 11.7 Å². The summed E-state index contributed by atoms with van der Waals surface area (Å²) in [7, 11) is 0. The minimum absolute atomic E-state index is 0.157. The van der Waals surface area contributed by atoms with Gasteiger partial charge in [-0.2, -0.15) is 0 Å². The van der Waals surface area contributed by atoms with Gasteiger partial charge < -0.3 is 5.11 Å². The molecule has 0 aliphatic carbocycles. The Kier molecular flexibility index (Phi) is 10.0.